The zero-order valence-electron chi connectivity index (χ0n) is 8.58. The standard InChI is InChI=1S/C10H16N2O2/c1-7(2)5-8-6-11-9(12-8)3-4-10(13)14/h6-7H,3-5H2,1-2H3,(H,11,12)(H,13,14). The zero-order valence-corrected chi connectivity index (χ0v) is 8.58. The minimum absolute atomic E-state index is 0.134. The highest BCUT2D eigenvalue weighted by molar-refractivity contribution is 5.66. The summed E-state index contributed by atoms with van der Waals surface area (Å²) in [4.78, 5) is 17.6. The highest BCUT2D eigenvalue weighted by atomic mass is 16.4. The summed E-state index contributed by atoms with van der Waals surface area (Å²) in [5.41, 5.74) is 1.08. The van der Waals surface area contributed by atoms with Crippen molar-refractivity contribution in [3.63, 3.8) is 0 Å². The smallest absolute Gasteiger partial charge is 0.303 e. The molecule has 0 atom stereocenters. The Balaban J connectivity index is 2.46. The SMILES string of the molecule is CC(C)Cc1cnc(CCC(=O)O)[nH]1. The first kappa shape index (κ1) is 10.8. The van der Waals surface area contributed by atoms with Crippen LogP contribution in [0.4, 0.5) is 0 Å². The summed E-state index contributed by atoms with van der Waals surface area (Å²) in [6.07, 6.45) is 3.36. The third-order valence-corrected chi connectivity index (χ3v) is 1.88. The summed E-state index contributed by atoms with van der Waals surface area (Å²) in [5, 5.41) is 8.49. The predicted octanol–water partition coefficient (Wildman–Crippen LogP) is 1.63. The number of rotatable bonds is 5. The van der Waals surface area contributed by atoms with E-state index in [4.69, 9.17) is 5.11 Å². The van der Waals surface area contributed by atoms with E-state index in [2.05, 4.69) is 23.8 Å². The van der Waals surface area contributed by atoms with E-state index in [1.807, 2.05) is 0 Å². The summed E-state index contributed by atoms with van der Waals surface area (Å²) >= 11 is 0. The number of aromatic nitrogens is 2. The van der Waals surface area contributed by atoms with Crippen molar-refractivity contribution in [1.29, 1.82) is 0 Å². The Morgan fingerprint density at radius 2 is 2.36 bits per heavy atom. The summed E-state index contributed by atoms with van der Waals surface area (Å²) in [6, 6.07) is 0. The molecule has 78 valence electrons. The number of imidazole rings is 1. The molecule has 0 aliphatic heterocycles. The third-order valence-electron chi connectivity index (χ3n) is 1.88. The monoisotopic (exact) mass is 196 g/mol. The van der Waals surface area contributed by atoms with Crippen molar-refractivity contribution in [3.8, 4) is 0 Å². The van der Waals surface area contributed by atoms with Crippen LogP contribution in [0.1, 0.15) is 31.8 Å². The molecule has 0 aliphatic carbocycles. The van der Waals surface area contributed by atoms with Gasteiger partial charge in [0.15, 0.2) is 0 Å². The lowest BCUT2D eigenvalue weighted by Gasteiger charge is -1.99. The number of carboxylic acid groups (broad SMARTS) is 1. The van der Waals surface area contributed by atoms with Gasteiger partial charge in [0.05, 0.1) is 6.42 Å². The lowest BCUT2D eigenvalue weighted by molar-refractivity contribution is -0.137. The van der Waals surface area contributed by atoms with E-state index in [9.17, 15) is 4.79 Å². The summed E-state index contributed by atoms with van der Waals surface area (Å²) in [5.74, 6) is 0.567. The number of aliphatic carboxylic acids is 1. The molecule has 0 aromatic carbocycles. The van der Waals surface area contributed by atoms with Gasteiger partial charge in [0.2, 0.25) is 0 Å². The lowest BCUT2D eigenvalue weighted by atomic mass is 10.1. The second kappa shape index (κ2) is 4.79. The number of hydrogen-bond donors (Lipinski definition) is 2. The molecular weight excluding hydrogens is 180 g/mol. The third kappa shape index (κ3) is 3.60. The minimum Gasteiger partial charge on any atom is -0.481 e. The van der Waals surface area contributed by atoms with E-state index in [0.717, 1.165) is 17.9 Å². The number of carboxylic acids is 1. The van der Waals surface area contributed by atoms with Crippen LogP contribution in [0.3, 0.4) is 0 Å². The Kier molecular flexibility index (Phi) is 3.68. The maximum absolute atomic E-state index is 10.3. The maximum atomic E-state index is 10.3. The highest BCUT2D eigenvalue weighted by Gasteiger charge is 2.04. The topological polar surface area (TPSA) is 66.0 Å². The minimum atomic E-state index is -0.785. The van der Waals surface area contributed by atoms with Crippen molar-refractivity contribution in [2.45, 2.75) is 33.1 Å². The fraction of sp³-hybridized carbons (Fsp3) is 0.600. The van der Waals surface area contributed by atoms with E-state index in [1.165, 1.54) is 0 Å². The second-order valence-electron chi connectivity index (χ2n) is 3.85. The molecule has 1 aromatic rings. The van der Waals surface area contributed by atoms with E-state index in [1.54, 1.807) is 6.20 Å². The number of hydrogen-bond acceptors (Lipinski definition) is 2. The molecule has 0 amide bonds. The van der Waals surface area contributed by atoms with Gasteiger partial charge in [-0.3, -0.25) is 4.79 Å². The first-order valence-corrected chi connectivity index (χ1v) is 4.82. The summed E-state index contributed by atoms with van der Waals surface area (Å²) in [6.45, 7) is 4.27. The number of H-pyrrole nitrogens is 1. The number of carbonyl (C=O) groups is 1. The predicted molar refractivity (Wildman–Crippen MR) is 53.1 cm³/mol. The van der Waals surface area contributed by atoms with Gasteiger partial charge in [-0.15, -0.1) is 0 Å². The van der Waals surface area contributed by atoms with Crippen LogP contribution in [0.2, 0.25) is 0 Å². The molecule has 4 nitrogen and oxygen atoms in total. The molecule has 0 fully saturated rings. The van der Waals surface area contributed by atoms with Gasteiger partial charge in [-0.2, -0.15) is 0 Å². The normalized spacial score (nSPS) is 10.8. The lowest BCUT2D eigenvalue weighted by Crippen LogP contribution is -1.99. The molecule has 1 aromatic heterocycles. The highest BCUT2D eigenvalue weighted by Crippen LogP contribution is 2.06. The van der Waals surface area contributed by atoms with Gasteiger partial charge in [0.25, 0.3) is 0 Å². The molecule has 0 unspecified atom stereocenters. The second-order valence-corrected chi connectivity index (χ2v) is 3.85. The molecule has 1 heterocycles. The first-order chi connectivity index (χ1) is 6.58. The van der Waals surface area contributed by atoms with Crippen LogP contribution in [0.15, 0.2) is 6.20 Å². The van der Waals surface area contributed by atoms with E-state index < -0.39 is 5.97 Å². The van der Waals surface area contributed by atoms with Crippen LogP contribution >= 0.6 is 0 Å². The Hall–Kier alpha value is -1.32. The molecule has 1 rings (SSSR count). The van der Waals surface area contributed by atoms with Crippen LogP contribution in [-0.4, -0.2) is 21.0 Å². The quantitative estimate of drug-likeness (QED) is 0.752. The molecule has 0 radical (unpaired) electrons. The summed E-state index contributed by atoms with van der Waals surface area (Å²) < 4.78 is 0. The van der Waals surface area contributed by atoms with Gasteiger partial charge in [-0.1, -0.05) is 13.8 Å². The van der Waals surface area contributed by atoms with E-state index >= 15 is 0 Å². The van der Waals surface area contributed by atoms with Crippen LogP contribution in [0.25, 0.3) is 0 Å². The Bertz CT molecular complexity index is 305. The van der Waals surface area contributed by atoms with Crippen molar-refractivity contribution in [2.75, 3.05) is 0 Å². The van der Waals surface area contributed by atoms with Crippen molar-refractivity contribution in [1.82, 2.24) is 9.97 Å². The largest absolute Gasteiger partial charge is 0.481 e. The Labute approximate surface area is 83.4 Å². The van der Waals surface area contributed by atoms with Gasteiger partial charge in [0, 0.05) is 18.3 Å². The number of nitrogens with one attached hydrogen (secondary N) is 1. The van der Waals surface area contributed by atoms with Gasteiger partial charge >= 0.3 is 5.97 Å². The Morgan fingerprint density at radius 1 is 1.64 bits per heavy atom. The number of nitrogens with zero attached hydrogens (tertiary/aromatic N) is 1. The fourth-order valence-corrected chi connectivity index (χ4v) is 1.30. The maximum Gasteiger partial charge on any atom is 0.303 e. The molecule has 0 saturated carbocycles. The van der Waals surface area contributed by atoms with Crippen molar-refractivity contribution in [2.24, 2.45) is 5.92 Å². The molecule has 0 aliphatic rings. The van der Waals surface area contributed by atoms with Crippen LogP contribution < -0.4 is 0 Å². The van der Waals surface area contributed by atoms with Gasteiger partial charge in [-0.25, -0.2) is 4.98 Å². The number of aromatic amines is 1. The van der Waals surface area contributed by atoms with E-state index in [-0.39, 0.29) is 6.42 Å². The number of aryl methyl sites for hydroxylation is 1. The van der Waals surface area contributed by atoms with Crippen LogP contribution in [0.5, 0.6) is 0 Å². The molecule has 14 heavy (non-hydrogen) atoms. The van der Waals surface area contributed by atoms with Crippen molar-refractivity contribution in [3.05, 3.63) is 17.7 Å². The van der Waals surface area contributed by atoms with E-state index in [0.29, 0.717) is 12.3 Å². The van der Waals surface area contributed by atoms with Gasteiger partial charge in [-0.05, 0) is 12.3 Å². The van der Waals surface area contributed by atoms with Gasteiger partial charge < -0.3 is 10.1 Å². The van der Waals surface area contributed by atoms with Gasteiger partial charge in [0.1, 0.15) is 5.82 Å². The average molecular weight is 196 g/mol. The van der Waals surface area contributed by atoms with Crippen molar-refractivity contribution < 1.29 is 9.90 Å². The van der Waals surface area contributed by atoms with Crippen molar-refractivity contribution >= 4 is 5.97 Å². The molecule has 0 bridgehead atoms. The first-order valence-electron chi connectivity index (χ1n) is 4.82. The molecule has 0 spiro atoms. The average Bonchev–Trinajstić information content (AvgIpc) is 2.47. The molecule has 2 N–H and O–H groups in total. The van der Waals surface area contributed by atoms with Crippen LogP contribution in [0, 0.1) is 5.92 Å². The fourth-order valence-electron chi connectivity index (χ4n) is 1.30. The summed E-state index contributed by atoms with van der Waals surface area (Å²) in [7, 11) is 0. The molecule has 0 saturated heterocycles. The Morgan fingerprint density at radius 3 is 2.93 bits per heavy atom. The zero-order chi connectivity index (χ0) is 10.6. The molecular formula is C10H16N2O2. The molecule has 4 heteroatoms. The van der Waals surface area contributed by atoms with Crippen LogP contribution in [-0.2, 0) is 17.6 Å².